The molecule has 0 N–H and O–H groups in total. The second kappa shape index (κ2) is 8.95. The quantitative estimate of drug-likeness (QED) is 0.531. The molecule has 0 fully saturated rings. The van der Waals surface area contributed by atoms with E-state index in [9.17, 15) is 4.79 Å². The van der Waals surface area contributed by atoms with Gasteiger partial charge in [0.15, 0.2) is 5.13 Å². The third-order valence-corrected chi connectivity index (χ3v) is 6.56. The number of fused-ring (bicyclic) bond motifs is 1. The van der Waals surface area contributed by atoms with Crippen LogP contribution in [0.4, 0.5) is 5.13 Å². The fraction of sp³-hybridized carbons (Fsp3) is 0.368. The molecule has 0 atom stereocenters. The number of halogens is 1. The van der Waals surface area contributed by atoms with Crippen molar-refractivity contribution < 1.29 is 4.79 Å². The van der Waals surface area contributed by atoms with E-state index in [0.717, 1.165) is 39.9 Å². The van der Waals surface area contributed by atoms with Crippen LogP contribution in [0.2, 0.25) is 5.02 Å². The number of hydrogen-bond donors (Lipinski definition) is 0. The van der Waals surface area contributed by atoms with Crippen molar-refractivity contribution in [2.24, 2.45) is 0 Å². The molecular weight excluding hydrogens is 386 g/mol. The van der Waals surface area contributed by atoms with Gasteiger partial charge >= 0.3 is 0 Å². The van der Waals surface area contributed by atoms with Gasteiger partial charge in [-0.15, -0.1) is 11.3 Å². The zero-order chi connectivity index (χ0) is 18.5. The van der Waals surface area contributed by atoms with Gasteiger partial charge in [-0.05, 0) is 36.7 Å². The number of benzene rings is 1. The summed E-state index contributed by atoms with van der Waals surface area (Å²) in [6, 6.07) is 9.72. The molecule has 0 radical (unpaired) electrons. The summed E-state index contributed by atoms with van der Waals surface area (Å²) >= 11 is 9.41. The van der Waals surface area contributed by atoms with Gasteiger partial charge in [0.05, 0.1) is 16.1 Å². The first-order chi connectivity index (χ1) is 12.6. The van der Waals surface area contributed by atoms with Gasteiger partial charge in [0.1, 0.15) is 5.52 Å². The first-order valence-electron chi connectivity index (χ1n) is 8.72. The number of rotatable bonds is 8. The van der Waals surface area contributed by atoms with E-state index in [-0.39, 0.29) is 5.91 Å². The lowest BCUT2D eigenvalue weighted by atomic mass is 10.3. The Labute approximate surface area is 167 Å². The molecule has 3 rings (SSSR count). The van der Waals surface area contributed by atoms with Crippen molar-refractivity contribution in [2.45, 2.75) is 20.3 Å². The van der Waals surface area contributed by atoms with E-state index in [4.69, 9.17) is 11.6 Å². The van der Waals surface area contributed by atoms with Crippen molar-refractivity contribution >= 4 is 55.5 Å². The molecule has 0 aliphatic heterocycles. The minimum absolute atomic E-state index is 0.0785. The van der Waals surface area contributed by atoms with E-state index in [1.165, 1.54) is 11.3 Å². The molecule has 0 saturated carbocycles. The lowest BCUT2D eigenvalue weighted by Gasteiger charge is -2.24. The maximum atomic E-state index is 13.0. The third-order valence-electron chi connectivity index (χ3n) is 4.33. The summed E-state index contributed by atoms with van der Waals surface area (Å²) in [5.41, 5.74) is 0.769. The second-order valence-corrected chi connectivity index (χ2v) is 8.36. The minimum atomic E-state index is 0.0785. The highest BCUT2D eigenvalue weighted by atomic mass is 35.5. The Morgan fingerprint density at radius 2 is 1.96 bits per heavy atom. The molecule has 0 bridgehead atoms. The number of carbonyl (C=O) groups excluding carboxylic acids is 1. The zero-order valence-electron chi connectivity index (χ0n) is 14.9. The number of aromatic nitrogens is 1. The van der Waals surface area contributed by atoms with Crippen molar-refractivity contribution in [2.75, 3.05) is 31.1 Å². The molecule has 7 heteroatoms. The molecule has 2 heterocycles. The highest BCUT2D eigenvalue weighted by Crippen LogP contribution is 2.33. The highest BCUT2D eigenvalue weighted by molar-refractivity contribution is 7.22. The van der Waals surface area contributed by atoms with Gasteiger partial charge in [-0.1, -0.05) is 48.9 Å². The lowest BCUT2D eigenvalue weighted by molar-refractivity contribution is -0.118. The Morgan fingerprint density at radius 3 is 2.62 bits per heavy atom. The molecule has 2 aromatic heterocycles. The SMILES string of the molecule is CCN(CC)CCN(C(=O)Cc1cccs1)c1nc2c(Cl)cccc2s1. The van der Waals surface area contributed by atoms with Crippen LogP contribution in [0.15, 0.2) is 35.7 Å². The topological polar surface area (TPSA) is 36.4 Å². The van der Waals surface area contributed by atoms with Gasteiger partial charge in [0, 0.05) is 18.0 Å². The van der Waals surface area contributed by atoms with E-state index in [1.807, 2.05) is 40.6 Å². The second-order valence-electron chi connectivity index (χ2n) is 5.91. The van der Waals surface area contributed by atoms with Crippen molar-refractivity contribution in [3.63, 3.8) is 0 Å². The van der Waals surface area contributed by atoms with Crippen LogP contribution in [0.25, 0.3) is 10.2 Å². The summed E-state index contributed by atoms with van der Waals surface area (Å²) in [4.78, 5) is 22.9. The van der Waals surface area contributed by atoms with Gasteiger partial charge in [0.2, 0.25) is 5.91 Å². The Hall–Kier alpha value is -1.47. The normalized spacial score (nSPS) is 11.4. The molecule has 0 aliphatic carbocycles. The standard InChI is InChI=1S/C19H22ClN3OS2/c1-3-22(4-2)10-11-23(17(24)13-14-7-6-12-25-14)19-21-18-15(20)8-5-9-16(18)26-19/h5-9,12H,3-4,10-11,13H2,1-2H3. The number of amides is 1. The summed E-state index contributed by atoms with van der Waals surface area (Å²) in [5.74, 6) is 0.0785. The number of carbonyl (C=O) groups is 1. The van der Waals surface area contributed by atoms with Gasteiger partial charge < -0.3 is 4.90 Å². The summed E-state index contributed by atoms with van der Waals surface area (Å²) in [5, 5.41) is 3.35. The number of nitrogens with zero attached hydrogens (tertiary/aromatic N) is 3. The van der Waals surface area contributed by atoms with E-state index in [2.05, 4.69) is 23.7 Å². The average molecular weight is 408 g/mol. The summed E-state index contributed by atoms with van der Waals surface area (Å²) in [6.45, 7) is 7.66. The van der Waals surface area contributed by atoms with Gasteiger partial charge in [-0.3, -0.25) is 9.69 Å². The Bertz CT molecular complexity index is 859. The van der Waals surface area contributed by atoms with Crippen LogP contribution in [0.3, 0.4) is 0 Å². The summed E-state index contributed by atoms with van der Waals surface area (Å²) < 4.78 is 1.00. The van der Waals surface area contributed by atoms with Crippen molar-refractivity contribution in [1.82, 2.24) is 9.88 Å². The fourth-order valence-electron chi connectivity index (χ4n) is 2.78. The van der Waals surface area contributed by atoms with Crippen LogP contribution in [0, 0.1) is 0 Å². The Kier molecular flexibility index (Phi) is 6.64. The summed E-state index contributed by atoms with van der Waals surface area (Å²) in [6.07, 6.45) is 0.402. The molecular formula is C19H22ClN3OS2. The van der Waals surface area contributed by atoms with Crippen LogP contribution in [-0.2, 0) is 11.2 Å². The number of hydrogen-bond acceptors (Lipinski definition) is 5. The molecule has 1 amide bonds. The molecule has 0 unspecified atom stereocenters. The van der Waals surface area contributed by atoms with Crippen LogP contribution < -0.4 is 4.90 Å². The molecule has 1 aromatic carbocycles. The maximum Gasteiger partial charge on any atom is 0.234 e. The fourth-order valence-corrected chi connectivity index (χ4v) is 4.79. The number of para-hydroxylation sites is 1. The Morgan fingerprint density at radius 1 is 1.15 bits per heavy atom. The van der Waals surface area contributed by atoms with E-state index in [0.29, 0.717) is 18.0 Å². The first kappa shape index (κ1) is 19.3. The zero-order valence-corrected chi connectivity index (χ0v) is 17.3. The lowest BCUT2D eigenvalue weighted by Crippen LogP contribution is -2.39. The molecule has 4 nitrogen and oxygen atoms in total. The smallest absolute Gasteiger partial charge is 0.234 e. The number of thiazole rings is 1. The van der Waals surface area contributed by atoms with Crippen molar-refractivity contribution in [3.8, 4) is 0 Å². The van der Waals surface area contributed by atoms with Crippen LogP contribution in [-0.4, -0.2) is 42.0 Å². The van der Waals surface area contributed by atoms with Crippen molar-refractivity contribution in [1.29, 1.82) is 0 Å². The van der Waals surface area contributed by atoms with Gasteiger partial charge in [-0.25, -0.2) is 4.98 Å². The molecule has 3 aromatic rings. The molecule has 26 heavy (non-hydrogen) atoms. The molecule has 0 aliphatic rings. The predicted molar refractivity (Wildman–Crippen MR) is 113 cm³/mol. The van der Waals surface area contributed by atoms with E-state index >= 15 is 0 Å². The summed E-state index contributed by atoms with van der Waals surface area (Å²) in [7, 11) is 0. The van der Waals surface area contributed by atoms with E-state index < -0.39 is 0 Å². The van der Waals surface area contributed by atoms with Crippen LogP contribution in [0.5, 0.6) is 0 Å². The first-order valence-corrected chi connectivity index (χ1v) is 10.8. The molecule has 0 spiro atoms. The third kappa shape index (κ3) is 4.43. The van der Waals surface area contributed by atoms with Crippen LogP contribution >= 0.6 is 34.3 Å². The monoisotopic (exact) mass is 407 g/mol. The Balaban J connectivity index is 1.87. The maximum absolute atomic E-state index is 13.0. The minimum Gasteiger partial charge on any atom is -0.302 e. The number of likely N-dealkylation sites (N-methyl/N-ethyl adjacent to an activating group) is 1. The average Bonchev–Trinajstić information content (AvgIpc) is 3.29. The predicted octanol–water partition coefficient (Wildman–Crippen LogP) is 4.93. The number of thiophene rings is 1. The molecule has 0 saturated heterocycles. The highest BCUT2D eigenvalue weighted by Gasteiger charge is 2.21. The van der Waals surface area contributed by atoms with Crippen molar-refractivity contribution in [3.05, 3.63) is 45.6 Å². The molecule has 138 valence electrons. The van der Waals surface area contributed by atoms with Gasteiger partial charge in [-0.2, -0.15) is 0 Å². The van der Waals surface area contributed by atoms with Gasteiger partial charge in [0.25, 0.3) is 0 Å². The van der Waals surface area contributed by atoms with Crippen LogP contribution in [0.1, 0.15) is 18.7 Å². The largest absolute Gasteiger partial charge is 0.302 e. The number of anilines is 1. The van der Waals surface area contributed by atoms with E-state index in [1.54, 1.807) is 11.3 Å².